The molecule has 1 unspecified atom stereocenters. The Bertz CT molecular complexity index is 823. The van der Waals surface area contributed by atoms with E-state index in [-0.39, 0.29) is 17.7 Å². The van der Waals surface area contributed by atoms with Gasteiger partial charge in [-0.15, -0.1) is 11.3 Å². The number of anilines is 2. The smallest absolute Gasteiger partial charge is 0.273 e. The molecule has 2 aromatic rings. The van der Waals surface area contributed by atoms with E-state index in [4.69, 9.17) is 4.74 Å². The van der Waals surface area contributed by atoms with Crippen molar-refractivity contribution < 1.29 is 14.3 Å². The van der Waals surface area contributed by atoms with Gasteiger partial charge in [-0.25, -0.2) is 4.98 Å². The number of thiazole rings is 1. The van der Waals surface area contributed by atoms with Gasteiger partial charge in [-0.1, -0.05) is 19.1 Å². The lowest BCUT2D eigenvalue weighted by Gasteiger charge is -2.31. The molecule has 0 saturated carbocycles. The largest absolute Gasteiger partial charge is 0.495 e. The monoisotopic (exact) mass is 402 g/mol. The third-order valence-electron chi connectivity index (χ3n) is 4.70. The molecular formula is C20H26N4O3S. The van der Waals surface area contributed by atoms with Gasteiger partial charge in [-0.05, 0) is 31.4 Å². The number of ether oxygens (including phenoxy) is 1. The second kappa shape index (κ2) is 9.54. The second-order valence-electron chi connectivity index (χ2n) is 6.74. The number of nitrogens with one attached hydrogen (secondary N) is 2. The van der Waals surface area contributed by atoms with E-state index in [2.05, 4.69) is 15.6 Å². The average Bonchev–Trinajstić information content (AvgIpc) is 3.20. The molecule has 0 spiro atoms. The van der Waals surface area contributed by atoms with E-state index >= 15 is 0 Å². The van der Waals surface area contributed by atoms with Crippen molar-refractivity contribution in [2.24, 2.45) is 5.92 Å². The van der Waals surface area contributed by atoms with Gasteiger partial charge in [0.15, 0.2) is 5.13 Å². The van der Waals surface area contributed by atoms with E-state index in [0.717, 1.165) is 24.9 Å². The molecule has 28 heavy (non-hydrogen) atoms. The summed E-state index contributed by atoms with van der Waals surface area (Å²) >= 11 is 1.37. The summed E-state index contributed by atoms with van der Waals surface area (Å²) in [7, 11) is 1.61. The van der Waals surface area contributed by atoms with Crippen molar-refractivity contribution in [1.82, 2.24) is 15.2 Å². The molecule has 0 radical (unpaired) electrons. The van der Waals surface area contributed by atoms with Crippen LogP contribution in [-0.4, -0.2) is 48.4 Å². The van der Waals surface area contributed by atoms with Crippen molar-refractivity contribution in [1.29, 1.82) is 0 Å². The van der Waals surface area contributed by atoms with E-state index in [0.29, 0.717) is 36.2 Å². The number of amides is 2. The molecule has 1 aliphatic heterocycles. The lowest BCUT2D eigenvalue weighted by atomic mass is 9.97. The molecule has 1 aromatic carbocycles. The number of carbonyl (C=O) groups is 2. The van der Waals surface area contributed by atoms with Gasteiger partial charge in [0.2, 0.25) is 5.91 Å². The summed E-state index contributed by atoms with van der Waals surface area (Å²) in [5, 5.41) is 8.51. The Labute approximate surface area is 169 Å². The number of benzene rings is 1. The summed E-state index contributed by atoms with van der Waals surface area (Å²) < 4.78 is 5.33. The first-order chi connectivity index (χ1) is 13.6. The van der Waals surface area contributed by atoms with E-state index in [1.165, 1.54) is 11.3 Å². The standard InChI is InChI=1S/C20H26N4O3S/c1-3-10-21-18(25)14-7-6-11-24(12-14)19(26)16-13-28-20(23-16)22-15-8-4-5-9-17(15)27-2/h4-5,8-9,13-14H,3,6-7,10-12H2,1-2H3,(H,21,25)(H,22,23). The Hall–Kier alpha value is -2.61. The lowest BCUT2D eigenvalue weighted by Crippen LogP contribution is -2.45. The molecule has 2 N–H and O–H groups in total. The highest BCUT2D eigenvalue weighted by Crippen LogP contribution is 2.29. The van der Waals surface area contributed by atoms with Gasteiger partial charge in [-0.3, -0.25) is 9.59 Å². The first kappa shape index (κ1) is 20.1. The van der Waals surface area contributed by atoms with Crippen LogP contribution in [0.5, 0.6) is 5.75 Å². The highest BCUT2D eigenvalue weighted by molar-refractivity contribution is 7.14. The van der Waals surface area contributed by atoms with Crippen molar-refractivity contribution >= 4 is 34.0 Å². The third kappa shape index (κ3) is 4.81. The Morgan fingerprint density at radius 3 is 2.96 bits per heavy atom. The van der Waals surface area contributed by atoms with Crippen LogP contribution in [0.4, 0.5) is 10.8 Å². The van der Waals surface area contributed by atoms with Crippen molar-refractivity contribution in [2.75, 3.05) is 32.1 Å². The van der Waals surface area contributed by atoms with Gasteiger partial charge in [0.05, 0.1) is 18.7 Å². The van der Waals surface area contributed by atoms with Crippen molar-refractivity contribution in [2.45, 2.75) is 26.2 Å². The maximum absolute atomic E-state index is 12.9. The van der Waals surface area contributed by atoms with Crippen LogP contribution in [-0.2, 0) is 4.79 Å². The molecule has 2 amide bonds. The van der Waals surface area contributed by atoms with Crippen molar-refractivity contribution in [3.63, 3.8) is 0 Å². The van der Waals surface area contributed by atoms with Crippen LogP contribution in [0, 0.1) is 5.92 Å². The van der Waals surface area contributed by atoms with E-state index < -0.39 is 0 Å². The fourth-order valence-electron chi connectivity index (χ4n) is 3.22. The number of para-hydroxylation sites is 2. The molecule has 8 heteroatoms. The number of piperidine rings is 1. The Kier molecular flexibility index (Phi) is 6.86. The number of carbonyl (C=O) groups excluding carboxylic acids is 2. The third-order valence-corrected chi connectivity index (χ3v) is 5.46. The van der Waals surface area contributed by atoms with Gasteiger partial charge < -0.3 is 20.3 Å². The summed E-state index contributed by atoms with van der Waals surface area (Å²) in [5.41, 5.74) is 1.20. The molecule has 150 valence electrons. The summed E-state index contributed by atoms with van der Waals surface area (Å²) in [6.45, 7) is 3.80. The van der Waals surface area contributed by atoms with Crippen LogP contribution < -0.4 is 15.4 Å². The quantitative estimate of drug-likeness (QED) is 0.743. The topological polar surface area (TPSA) is 83.6 Å². The summed E-state index contributed by atoms with van der Waals surface area (Å²) in [5.74, 6) is 0.477. The molecule has 1 fully saturated rings. The predicted molar refractivity (Wildman–Crippen MR) is 110 cm³/mol. The van der Waals surface area contributed by atoms with Crippen LogP contribution in [0.3, 0.4) is 0 Å². The number of aromatic nitrogens is 1. The average molecular weight is 403 g/mol. The zero-order valence-corrected chi connectivity index (χ0v) is 17.1. The van der Waals surface area contributed by atoms with E-state index in [9.17, 15) is 9.59 Å². The molecule has 1 saturated heterocycles. The number of methoxy groups -OCH3 is 1. The molecule has 0 bridgehead atoms. The molecule has 1 atom stereocenters. The van der Waals surface area contributed by atoms with Crippen molar-refractivity contribution in [3.05, 3.63) is 35.3 Å². The fraction of sp³-hybridized carbons (Fsp3) is 0.450. The fourth-order valence-corrected chi connectivity index (χ4v) is 3.92. The summed E-state index contributed by atoms with van der Waals surface area (Å²) in [6.07, 6.45) is 2.55. The first-order valence-corrected chi connectivity index (χ1v) is 10.4. The highest BCUT2D eigenvalue weighted by Gasteiger charge is 2.29. The second-order valence-corrected chi connectivity index (χ2v) is 7.60. The minimum Gasteiger partial charge on any atom is -0.495 e. The van der Waals surface area contributed by atoms with Crippen LogP contribution >= 0.6 is 11.3 Å². The highest BCUT2D eigenvalue weighted by atomic mass is 32.1. The number of hydrogen-bond donors (Lipinski definition) is 2. The normalized spacial score (nSPS) is 16.5. The minimum absolute atomic E-state index is 0.0381. The van der Waals surface area contributed by atoms with Crippen LogP contribution in [0.25, 0.3) is 0 Å². The van der Waals surface area contributed by atoms with Gasteiger partial charge in [0.25, 0.3) is 5.91 Å². The zero-order valence-electron chi connectivity index (χ0n) is 16.2. The first-order valence-electron chi connectivity index (χ1n) is 9.55. The molecular weight excluding hydrogens is 376 g/mol. The van der Waals surface area contributed by atoms with Gasteiger partial charge in [0, 0.05) is 25.0 Å². The number of hydrogen-bond acceptors (Lipinski definition) is 6. The van der Waals surface area contributed by atoms with Gasteiger partial charge >= 0.3 is 0 Å². The minimum atomic E-state index is -0.144. The van der Waals surface area contributed by atoms with Crippen LogP contribution in [0.2, 0.25) is 0 Å². The SMILES string of the molecule is CCCNC(=O)C1CCCN(C(=O)c2csc(Nc3ccccc3OC)n2)C1. The molecule has 3 rings (SSSR count). The molecule has 0 aliphatic carbocycles. The maximum Gasteiger partial charge on any atom is 0.273 e. The molecule has 1 aliphatic rings. The van der Waals surface area contributed by atoms with Crippen molar-refractivity contribution in [3.8, 4) is 5.75 Å². The Morgan fingerprint density at radius 2 is 2.18 bits per heavy atom. The molecule has 7 nitrogen and oxygen atoms in total. The number of likely N-dealkylation sites (tertiary alicyclic amines) is 1. The molecule has 1 aromatic heterocycles. The van der Waals surface area contributed by atoms with Crippen LogP contribution in [0.15, 0.2) is 29.6 Å². The zero-order chi connectivity index (χ0) is 19.9. The Balaban J connectivity index is 1.64. The number of rotatable bonds is 7. The Morgan fingerprint density at radius 1 is 1.36 bits per heavy atom. The lowest BCUT2D eigenvalue weighted by molar-refractivity contribution is -0.126. The predicted octanol–water partition coefficient (Wildman–Crippen LogP) is 3.27. The maximum atomic E-state index is 12.9. The van der Waals surface area contributed by atoms with Gasteiger partial charge in [0.1, 0.15) is 11.4 Å². The molecule has 2 heterocycles. The summed E-state index contributed by atoms with van der Waals surface area (Å²) in [4.78, 5) is 31.3. The number of nitrogens with zero attached hydrogens (tertiary/aromatic N) is 2. The van der Waals surface area contributed by atoms with Crippen LogP contribution in [0.1, 0.15) is 36.7 Å². The van der Waals surface area contributed by atoms with E-state index in [1.54, 1.807) is 17.4 Å². The van der Waals surface area contributed by atoms with Gasteiger partial charge in [-0.2, -0.15) is 0 Å². The summed E-state index contributed by atoms with van der Waals surface area (Å²) in [6, 6.07) is 7.55. The van der Waals surface area contributed by atoms with E-state index in [1.807, 2.05) is 31.2 Å².